The fourth-order valence-corrected chi connectivity index (χ4v) is 6.85. The van der Waals surface area contributed by atoms with E-state index >= 15 is 0 Å². The van der Waals surface area contributed by atoms with Crippen LogP contribution in [0.2, 0.25) is 0 Å². The van der Waals surface area contributed by atoms with Crippen molar-refractivity contribution < 1.29 is 13.9 Å². The first kappa shape index (κ1) is 19.2. The number of fused-ring (bicyclic) bond motifs is 3. The van der Waals surface area contributed by atoms with E-state index in [1.807, 2.05) is 18.2 Å². The van der Waals surface area contributed by atoms with Crippen LogP contribution in [0.15, 0.2) is 42.5 Å². The van der Waals surface area contributed by atoms with Gasteiger partial charge in [0.15, 0.2) is 5.78 Å². The van der Waals surface area contributed by atoms with E-state index in [1.54, 1.807) is 27.8 Å². The van der Waals surface area contributed by atoms with E-state index in [0.717, 1.165) is 31.3 Å². The Morgan fingerprint density at radius 3 is 2.57 bits per heavy atom. The summed E-state index contributed by atoms with van der Waals surface area (Å²) < 4.78 is 19.5. The highest BCUT2D eigenvalue weighted by atomic mass is 32.9. The molecule has 3 aromatic rings. The maximum Gasteiger partial charge on any atom is 0.182 e. The SMILES string of the molecule is COc1ccc2c(c1)-c1c(ssc1=S)C(C)(C)N2CC(=O)c1ccc(F)cc1. The largest absolute Gasteiger partial charge is 0.497 e. The molecule has 3 nitrogen and oxygen atoms in total. The van der Waals surface area contributed by atoms with E-state index in [0.29, 0.717) is 5.56 Å². The van der Waals surface area contributed by atoms with Crippen LogP contribution < -0.4 is 9.64 Å². The zero-order chi connectivity index (χ0) is 20.1. The molecule has 7 heteroatoms. The summed E-state index contributed by atoms with van der Waals surface area (Å²) >= 11 is 5.61. The van der Waals surface area contributed by atoms with Crippen molar-refractivity contribution in [2.45, 2.75) is 19.4 Å². The van der Waals surface area contributed by atoms with Crippen molar-refractivity contribution in [2.75, 3.05) is 18.6 Å². The summed E-state index contributed by atoms with van der Waals surface area (Å²) in [5.41, 5.74) is 3.10. The third-order valence-corrected chi connectivity index (χ3v) is 8.42. The Labute approximate surface area is 175 Å². The molecule has 144 valence electrons. The van der Waals surface area contributed by atoms with Crippen molar-refractivity contribution in [3.05, 3.63) is 62.5 Å². The van der Waals surface area contributed by atoms with E-state index < -0.39 is 5.54 Å². The lowest BCUT2D eigenvalue weighted by atomic mass is 9.87. The van der Waals surface area contributed by atoms with Crippen LogP contribution in [-0.4, -0.2) is 19.4 Å². The first-order valence-corrected chi connectivity index (χ1v) is 11.3. The van der Waals surface area contributed by atoms with Gasteiger partial charge in [-0.15, -0.1) is 0 Å². The van der Waals surface area contributed by atoms with Crippen molar-refractivity contribution in [3.8, 4) is 16.9 Å². The number of anilines is 1. The molecular formula is C21H18FNO2S3. The molecule has 0 unspecified atom stereocenters. The Morgan fingerprint density at radius 1 is 1.18 bits per heavy atom. The molecule has 0 radical (unpaired) electrons. The summed E-state index contributed by atoms with van der Waals surface area (Å²) in [5, 5.41) is 0. The number of methoxy groups -OCH3 is 1. The number of ketones is 1. The number of rotatable bonds is 4. The second-order valence-electron chi connectivity index (χ2n) is 7.12. The van der Waals surface area contributed by atoms with Crippen LogP contribution in [0.25, 0.3) is 11.1 Å². The summed E-state index contributed by atoms with van der Waals surface area (Å²) in [6.45, 7) is 4.40. The topological polar surface area (TPSA) is 29.5 Å². The molecule has 0 fully saturated rings. The lowest BCUT2D eigenvalue weighted by Gasteiger charge is -2.44. The van der Waals surface area contributed by atoms with Crippen LogP contribution in [0, 0.1) is 9.64 Å². The predicted octanol–water partition coefficient (Wildman–Crippen LogP) is 6.29. The van der Waals surface area contributed by atoms with Gasteiger partial charge in [-0.3, -0.25) is 4.79 Å². The van der Waals surface area contributed by atoms with Crippen LogP contribution in [0.3, 0.4) is 0 Å². The van der Waals surface area contributed by atoms with Gasteiger partial charge in [-0.1, -0.05) is 32.9 Å². The Bertz CT molecular complexity index is 1120. The summed E-state index contributed by atoms with van der Waals surface area (Å²) in [7, 11) is 4.87. The molecule has 1 aliphatic rings. The summed E-state index contributed by atoms with van der Waals surface area (Å²) in [6.07, 6.45) is 0. The molecular weight excluding hydrogens is 413 g/mol. The smallest absolute Gasteiger partial charge is 0.182 e. The first-order valence-electron chi connectivity index (χ1n) is 8.71. The van der Waals surface area contributed by atoms with Crippen LogP contribution in [0.1, 0.15) is 29.1 Å². The predicted molar refractivity (Wildman–Crippen MR) is 116 cm³/mol. The molecule has 0 spiro atoms. The van der Waals surface area contributed by atoms with Crippen molar-refractivity contribution in [1.29, 1.82) is 0 Å². The average molecular weight is 432 g/mol. The molecule has 28 heavy (non-hydrogen) atoms. The number of halogens is 1. The quantitative estimate of drug-likeness (QED) is 0.276. The summed E-state index contributed by atoms with van der Waals surface area (Å²) in [5.74, 6) is 0.340. The van der Waals surface area contributed by atoms with Crippen molar-refractivity contribution in [1.82, 2.24) is 0 Å². The van der Waals surface area contributed by atoms with E-state index in [4.69, 9.17) is 17.0 Å². The molecule has 0 amide bonds. The molecule has 1 aliphatic heterocycles. The molecule has 4 rings (SSSR count). The number of Topliss-reactive ketones (excluding diaryl/α,β-unsaturated/α-hetero) is 1. The highest BCUT2D eigenvalue weighted by Crippen LogP contribution is 2.52. The Morgan fingerprint density at radius 2 is 1.89 bits per heavy atom. The first-order chi connectivity index (χ1) is 13.3. The summed E-state index contributed by atoms with van der Waals surface area (Å²) in [4.78, 5) is 16.2. The van der Waals surface area contributed by atoms with Gasteiger partial charge in [-0.2, -0.15) is 0 Å². The maximum atomic E-state index is 13.2. The number of nitrogens with zero attached hydrogens (tertiary/aromatic N) is 1. The zero-order valence-electron chi connectivity index (χ0n) is 15.6. The van der Waals surface area contributed by atoms with Crippen molar-refractivity contribution >= 4 is 44.4 Å². The fraction of sp³-hybridized carbons (Fsp3) is 0.238. The van der Waals surface area contributed by atoms with Gasteiger partial charge < -0.3 is 9.64 Å². The van der Waals surface area contributed by atoms with Crippen LogP contribution >= 0.6 is 32.9 Å². The standard InChI is InChI=1S/C21H18FNO2S3/c1-21(2)19-18(20(26)28-27-19)15-10-14(25-3)8-9-16(15)23(21)11-17(24)12-4-6-13(22)7-5-12/h4-10H,11H2,1-3H3. The van der Waals surface area contributed by atoms with Gasteiger partial charge in [0.2, 0.25) is 0 Å². The van der Waals surface area contributed by atoms with Gasteiger partial charge in [-0.05, 0) is 56.3 Å². The molecule has 0 N–H and O–H groups in total. The lowest BCUT2D eigenvalue weighted by molar-refractivity contribution is 0.0993. The number of hydrogen-bond donors (Lipinski definition) is 0. The van der Waals surface area contributed by atoms with E-state index in [9.17, 15) is 9.18 Å². The van der Waals surface area contributed by atoms with Gasteiger partial charge in [-0.25, -0.2) is 4.39 Å². The Balaban J connectivity index is 1.82. The van der Waals surface area contributed by atoms with E-state index in [-0.39, 0.29) is 18.1 Å². The number of hydrogen-bond acceptors (Lipinski definition) is 6. The third kappa shape index (κ3) is 3.07. The number of carbonyl (C=O) groups is 1. The van der Waals surface area contributed by atoms with Gasteiger partial charge in [0.25, 0.3) is 0 Å². The minimum absolute atomic E-state index is 0.0582. The molecule has 2 aromatic carbocycles. The van der Waals surface area contributed by atoms with Crippen LogP contribution in [0.5, 0.6) is 5.75 Å². The number of carbonyl (C=O) groups excluding carboxylic acids is 1. The average Bonchev–Trinajstić information content (AvgIpc) is 3.08. The highest BCUT2D eigenvalue weighted by molar-refractivity contribution is 7.80. The van der Waals surface area contributed by atoms with Crippen LogP contribution in [-0.2, 0) is 5.54 Å². The molecule has 2 heterocycles. The molecule has 0 aliphatic carbocycles. The third-order valence-electron chi connectivity index (χ3n) is 5.09. The van der Waals surface area contributed by atoms with Gasteiger partial charge >= 0.3 is 0 Å². The van der Waals surface area contributed by atoms with Gasteiger partial charge in [0, 0.05) is 22.4 Å². The van der Waals surface area contributed by atoms with E-state index in [2.05, 4.69) is 18.7 Å². The number of benzene rings is 2. The minimum Gasteiger partial charge on any atom is -0.497 e. The lowest BCUT2D eigenvalue weighted by Crippen LogP contribution is -2.46. The Hall–Kier alpha value is -2.09. The minimum atomic E-state index is -0.398. The Kier molecular flexibility index (Phi) is 4.85. The maximum absolute atomic E-state index is 13.2. The second-order valence-corrected chi connectivity index (χ2v) is 9.93. The number of ether oxygens (including phenoxy) is 1. The van der Waals surface area contributed by atoms with Gasteiger partial charge in [0.05, 0.1) is 24.1 Å². The molecule has 0 bridgehead atoms. The summed E-state index contributed by atoms with van der Waals surface area (Å²) in [6, 6.07) is 11.6. The normalized spacial score (nSPS) is 14.4. The zero-order valence-corrected chi connectivity index (χ0v) is 18.1. The monoisotopic (exact) mass is 431 g/mol. The molecule has 0 saturated carbocycles. The van der Waals surface area contributed by atoms with Crippen molar-refractivity contribution in [3.63, 3.8) is 0 Å². The fourth-order valence-electron chi connectivity index (χ4n) is 3.55. The molecule has 0 atom stereocenters. The highest BCUT2D eigenvalue weighted by Gasteiger charge is 2.40. The second kappa shape index (κ2) is 7.06. The van der Waals surface area contributed by atoms with E-state index in [1.165, 1.54) is 24.3 Å². The van der Waals surface area contributed by atoms with Crippen molar-refractivity contribution in [2.24, 2.45) is 0 Å². The molecule has 0 saturated heterocycles. The van der Waals surface area contributed by atoms with Crippen LogP contribution in [0.4, 0.5) is 10.1 Å². The van der Waals surface area contributed by atoms with Gasteiger partial charge in [0.1, 0.15) is 15.4 Å². The molecule has 1 aromatic heterocycles.